The Labute approximate surface area is 261 Å². The average molecular weight is 640 g/mol. The molecule has 2 aliphatic heterocycles. The second-order valence-corrected chi connectivity index (χ2v) is 11.9. The van der Waals surface area contributed by atoms with Crippen LogP contribution >= 0.6 is 11.6 Å². The Morgan fingerprint density at radius 1 is 1.18 bits per heavy atom. The fourth-order valence-electron chi connectivity index (χ4n) is 6.24. The summed E-state index contributed by atoms with van der Waals surface area (Å²) >= 11 is 6.97. The van der Waals surface area contributed by atoms with Crippen molar-refractivity contribution in [1.29, 1.82) is 0 Å². The Kier molecular flexibility index (Phi) is 7.51. The number of amides is 1. The normalized spacial score (nSPS) is 17.7. The number of phenols is 1. The maximum absolute atomic E-state index is 16.7. The van der Waals surface area contributed by atoms with E-state index in [1.807, 2.05) is 20.8 Å². The maximum atomic E-state index is 16.7. The van der Waals surface area contributed by atoms with Crippen molar-refractivity contribution in [2.24, 2.45) is 0 Å². The topological polar surface area (TPSA) is 101 Å². The molecular weight excluding hydrogens is 611 g/mol. The molecule has 45 heavy (non-hydrogen) atoms. The van der Waals surface area contributed by atoms with E-state index < -0.39 is 56.8 Å². The molecule has 2 unspecified atom stereocenters. The summed E-state index contributed by atoms with van der Waals surface area (Å²) in [6, 6.07) is 2.35. The number of hydrogen-bond acceptors (Lipinski definition) is 7. The number of ether oxygens (including phenoxy) is 1. The standard InChI is InChI=1S/C32H29ClF3N5O4/c1-6-20(43)39-12-17-13-45-30-23-29(24(33)22(26(30)36)21-19(42)8-7-18(34)25(21)35)41(28-15(4)9-10-37-27(28)14(2)3)32(44)38-31(23)40(17)11-16(39)5/h6-10,14,16-17,42H,1,11-13H2,2-5H3. The number of anilines is 1. The Morgan fingerprint density at radius 2 is 1.91 bits per heavy atom. The molecule has 2 atom stereocenters. The van der Waals surface area contributed by atoms with E-state index in [0.717, 1.165) is 6.07 Å². The molecule has 1 amide bonds. The van der Waals surface area contributed by atoms with Crippen molar-refractivity contribution in [1.82, 2.24) is 19.4 Å². The van der Waals surface area contributed by atoms with E-state index in [4.69, 9.17) is 16.3 Å². The Balaban J connectivity index is 1.78. The van der Waals surface area contributed by atoms with Crippen LogP contribution in [-0.4, -0.2) is 62.2 Å². The third-order valence-electron chi connectivity index (χ3n) is 8.39. The first-order valence-corrected chi connectivity index (χ1v) is 14.7. The largest absolute Gasteiger partial charge is 0.507 e. The molecule has 1 fully saturated rings. The number of hydrogen-bond donors (Lipinski definition) is 1. The van der Waals surface area contributed by atoms with Gasteiger partial charge in [-0.15, -0.1) is 0 Å². The predicted molar refractivity (Wildman–Crippen MR) is 164 cm³/mol. The van der Waals surface area contributed by atoms with Crippen molar-refractivity contribution < 1.29 is 27.8 Å². The van der Waals surface area contributed by atoms with Crippen LogP contribution in [0.1, 0.15) is 37.9 Å². The summed E-state index contributed by atoms with van der Waals surface area (Å²) in [6.45, 7) is 11.1. The summed E-state index contributed by atoms with van der Waals surface area (Å²) in [5.74, 6) is -5.69. The molecule has 6 rings (SSSR count). The molecule has 13 heteroatoms. The van der Waals surface area contributed by atoms with Crippen LogP contribution in [0.2, 0.25) is 5.02 Å². The number of carbonyl (C=O) groups is 1. The smallest absolute Gasteiger partial charge is 0.354 e. The zero-order valence-corrected chi connectivity index (χ0v) is 25.6. The minimum Gasteiger partial charge on any atom is -0.507 e. The molecule has 0 saturated carbocycles. The van der Waals surface area contributed by atoms with E-state index >= 15 is 8.78 Å². The van der Waals surface area contributed by atoms with E-state index in [1.54, 1.807) is 29.0 Å². The number of phenolic OH excluding ortho intramolecular Hbond substituents is 1. The van der Waals surface area contributed by atoms with Gasteiger partial charge in [-0.25, -0.2) is 18.0 Å². The van der Waals surface area contributed by atoms with E-state index in [1.165, 1.54) is 10.6 Å². The summed E-state index contributed by atoms with van der Waals surface area (Å²) in [4.78, 5) is 39.1. The van der Waals surface area contributed by atoms with Crippen LogP contribution in [0.25, 0.3) is 27.7 Å². The highest BCUT2D eigenvalue weighted by Gasteiger charge is 2.41. The second-order valence-electron chi connectivity index (χ2n) is 11.5. The lowest BCUT2D eigenvalue weighted by Gasteiger charge is -2.44. The van der Waals surface area contributed by atoms with Gasteiger partial charge in [0, 0.05) is 30.9 Å². The highest BCUT2D eigenvalue weighted by molar-refractivity contribution is 6.39. The van der Waals surface area contributed by atoms with Crippen molar-refractivity contribution in [3.05, 3.63) is 81.3 Å². The van der Waals surface area contributed by atoms with Gasteiger partial charge in [-0.3, -0.25) is 14.3 Å². The van der Waals surface area contributed by atoms with Gasteiger partial charge in [-0.2, -0.15) is 4.98 Å². The Hall–Kier alpha value is -4.58. The highest BCUT2D eigenvalue weighted by atomic mass is 35.5. The number of carbonyl (C=O) groups excluding carboxylic acids is 1. The van der Waals surface area contributed by atoms with Gasteiger partial charge >= 0.3 is 5.69 Å². The first-order valence-electron chi connectivity index (χ1n) is 14.3. The van der Waals surface area contributed by atoms with Crippen LogP contribution in [0.3, 0.4) is 0 Å². The quantitative estimate of drug-likeness (QED) is 0.289. The minimum atomic E-state index is -1.54. The van der Waals surface area contributed by atoms with Crippen molar-refractivity contribution in [2.45, 2.75) is 45.7 Å². The molecule has 2 aromatic carbocycles. The number of halogens is 4. The van der Waals surface area contributed by atoms with Gasteiger partial charge in [0.05, 0.1) is 38.9 Å². The number of aromatic hydroxyl groups is 1. The molecule has 0 radical (unpaired) electrons. The van der Waals surface area contributed by atoms with Gasteiger partial charge in [0.15, 0.2) is 23.2 Å². The zero-order valence-electron chi connectivity index (χ0n) is 24.9. The van der Waals surface area contributed by atoms with Crippen LogP contribution in [0.4, 0.5) is 19.0 Å². The summed E-state index contributed by atoms with van der Waals surface area (Å²) in [5.41, 5.74) is -0.935. The van der Waals surface area contributed by atoms with Crippen molar-refractivity contribution in [3.8, 4) is 28.3 Å². The lowest BCUT2D eigenvalue weighted by atomic mass is 9.98. The minimum absolute atomic E-state index is 0.0216. The van der Waals surface area contributed by atoms with Crippen LogP contribution in [-0.2, 0) is 4.79 Å². The Bertz CT molecular complexity index is 1980. The molecule has 234 valence electrons. The van der Waals surface area contributed by atoms with Gasteiger partial charge in [0.25, 0.3) is 0 Å². The lowest BCUT2D eigenvalue weighted by molar-refractivity contribution is -0.129. The molecule has 0 bridgehead atoms. The van der Waals surface area contributed by atoms with Gasteiger partial charge in [0.2, 0.25) is 5.91 Å². The summed E-state index contributed by atoms with van der Waals surface area (Å²) in [7, 11) is 0. The van der Waals surface area contributed by atoms with E-state index in [0.29, 0.717) is 23.0 Å². The molecule has 0 spiro atoms. The number of aryl methyl sites for hydroxylation is 1. The first kappa shape index (κ1) is 30.4. The Morgan fingerprint density at radius 3 is 2.60 bits per heavy atom. The monoisotopic (exact) mass is 639 g/mol. The average Bonchev–Trinajstić information content (AvgIpc) is 3.15. The number of nitrogens with zero attached hydrogens (tertiary/aromatic N) is 5. The van der Waals surface area contributed by atoms with Crippen LogP contribution in [0, 0.1) is 24.4 Å². The molecule has 2 aliphatic rings. The molecule has 1 N–H and O–H groups in total. The van der Waals surface area contributed by atoms with Crippen molar-refractivity contribution in [3.63, 3.8) is 0 Å². The molecule has 2 aromatic heterocycles. The first-order chi connectivity index (χ1) is 21.4. The fourth-order valence-corrected chi connectivity index (χ4v) is 6.60. The molecule has 4 aromatic rings. The molecule has 0 aliphatic carbocycles. The zero-order chi connectivity index (χ0) is 32.5. The maximum Gasteiger partial charge on any atom is 0.354 e. The lowest BCUT2D eigenvalue weighted by Crippen LogP contribution is -2.60. The molecule has 1 saturated heterocycles. The molecule has 9 nitrogen and oxygen atoms in total. The molecule has 4 heterocycles. The van der Waals surface area contributed by atoms with Gasteiger partial charge < -0.3 is 19.6 Å². The van der Waals surface area contributed by atoms with Gasteiger partial charge in [-0.1, -0.05) is 32.0 Å². The van der Waals surface area contributed by atoms with E-state index in [9.17, 15) is 19.1 Å². The summed E-state index contributed by atoms with van der Waals surface area (Å²) < 4.78 is 53.9. The van der Waals surface area contributed by atoms with Gasteiger partial charge in [-0.05, 0) is 49.6 Å². The summed E-state index contributed by atoms with van der Waals surface area (Å²) in [5, 5.41) is 10.2. The van der Waals surface area contributed by atoms with Crippen molar-refractivity contribution in [2.75, 3.05) is 24.6 Å². The summed E-state index contributed by atoms with van der Waals surface area (Å²) in [6.07, 6.45) is 2.79. The van der Waals surface area contributed by atoms with Crippen molar-refractivity contribution >= 4 is 34.2 Å². The number of piperazine rings is 1. The number of benzene rings is 2. The number of fused-ring (bicyclic) bond motifs is 2. The SMILES string of the molecule is C=CC(=O)N1CC2COc3c(F)c(-c4c(O)ccc(F)c4F)c(Cl)c4c3c(nc(=O)n4-c3c(C)ccnc3C(C)C)N2CC1C. The van der Waals surface area contributed by atoms with E-state index in [-0.39, 0.29) is 54.3 Å². The number of rotatable bonds is 4. The number of pyridine rings is 1. The number of aromatic nitrogens is 3. The highest BCUT2D eigenvalue weighted by Crippen LogP contribution is 2.50. The van der Waals surface area contributed by atoms with E-state index in [2.05, 4.69) is 16.5 Å². The van der Waals surface area contributed by atoms with Crippen LogP contribution in [0.5, 0.6) is 11.5 Å². The van der Waals surface area contributed by atoms with Gasteiger partial charge in [0.1, 0.15) is 18.2 Å². The predicted octanol–water partition coefficient (Wildman–Crippen LogP) is 5.64. The van der Waals surface area contributed by atoms with Crippen LogP contribution in [0.15, 0.2) is 41.8 Å². The fraction of sp³-hybridized carbons (Fsp3) is 0.312. The third kappa shape index (κ3) is 4.61. The molecular formula is C32H29ClF3N5O4. The third-order valence-corrected chi connectivity index (χ3v) is 8.76. The second kappa shape index (κ2) is 11.1. The van der Waals surface area contributed by atoms with Crippen LogP contribution < -0.4 is 15.3 Å².